The van der Waals surface area contributed by atoms with E-state index in [1.54, 1.807) is 27.7 Å². The van der Waals surface area contributed by atoms with Crippen LogP contribution in [0.1, 0.15) is 51.7 Å². The Morgan fingerprint density at radius 1 is 1.23 bits per heavy atom. The molecule has 0 unspecified atom stereocenters. The van der Waals surface area contributed by atoms with Crippen LogP contribution in [0.2, 0.25) is 0 Å². The maximum Gasteiger partial charge on any atom is 0.411 e. The van der Waals surface area contributed by atoms with Crippen LogP contribution in [0.25, 0.3) is 0 Å². The fraction of sp³-hybridized carbons (Fsp3) is 0.609. The zero-order valence-corrected chi connectivity index (χ0v) is 18.8. The monoisotopic (exact) mass is 431 g/mol. The van der Waals surface area contributed by atoms with Crippen molar-refractivity contribution in [2.75, 3.05) is 13.2 Å². The van der Waals surface area contributed by atoms with Crippen molar-refractivity contribution in [2.45, 2.75) is 77.3 Å². The quantitative estimate of drug-likeness (QED) is 0.745. The van der Waals surface area contributed by atoms with Gasteiger partial charge in [0.15, 0.2) is 0 Å². The van der Waals surface area contributed by atoms with Gasteiger partial charge in [0.2, 0.25) is 11.8 Å². The topological polar surface area (TPSA) is 97.0 Å². The lowest BCUT2D eigenvalue weighted by Gasteiger charge is -2.37. The molecular weight excluding hydrogens is 398 g/mol. The highest BCUT2D eigenvalue weighted by atomic mass is 16.6. The van der Waals surface area contributed by atoms with Gasteiger partial charge in [-0.1, -0.05) is 24.3 Å². The van der Waals surface area contributed by atoms with Crippen molar-refractivity contribution < 1.29 is 23.9 Å². The van der Waals surface area contributed by atoms with Crippen molar-refractivity contribution in [3.8, 4) is 0 Å². The predicted molar refractivity (Wildman–Crippen MR) is 115 cm³/mol. The highest BCUT2D eigenvalue weighted by molar-refractivity contribution is 5.91. The normalized spacial score (nSPS) is 21.7. The van der Waals surface area contributed by atoms with Crippen molar-refractivity contribution >= 4 is 17.9 Å². The van der Waals surface area contributed by atoms with Gasteiger partial charge in [0.05, 0.1) is 12.6 Å². The first-order valence-corrected chi connectivity index (χ1v) is 10.9. The molecule has 0 bridgehead atoms. The minimum Gasteiger partial charge on any atom is -0.444 e. The van der Waals surface area contributed by atoms with Gasteiger partial charge in [-0.05, 0) is 51.7 Å². The van der Waals surface area contributed by atoms with Crippen molar-refractivity contribution in [1.82, 2.24) is 15.5 Å². The van der Waals surface area contributed by atoms with Gasteiger partial charge in [0, 0.05) is 19.6 Å². The van der Waals surface area contributed by atoms with Gasteiger partial charge >= 0.3 is 6.09 Å². The van der Waals surface area contributed by atoms with Gasteiger partial charge < -0.3 is 20.1 Å². The number of rotatable bonds is 5. The number of ether oxygens (including phenoxy) is 2. The second kappa shape index (κ2) is 9.68. The summed E-state index contributed by atoms with van der Waals surface area (Å²) in [6, 6.07) is 6.25. The number of fused-ring (bicyclic) bond motifs is 1. The Hall–Kier alpha value is -2.61. The molecule has 0 spiro atoms. The molecule has 0 aromatic heterocycles. The molecule has 8 nitrogen and oxygen atoms in total. The third-order valence-electron chi connectivity index (χ3n) is 5.46. The summed E-state index contributed by atoms with van der Waals surface area (Å²) >= 11 is 0. The van der Waals surface area contributed by atoms with Crippen molar-refractivity contribution in [1.29, 1.82) is 0 Å². The van der Waals surface area contributed by atoms with Gasteiger partial charge in [-0.2, -0.15) is 0 Å². The molecule has 0 saturated carbocycles. The van der Waals surface area contributed by atoms with Crippen LogP contribution in [-0.2, 0) is 32.0 Å². The smallest absolute Gasteiger partial charge is 0.411 e. The van der Waals surface area contributed by atoms with Crippen LogP contribution in [0.5, 0.6) is 0 Å². The molecule has 8 heteroatoms. The fourth-order valence-electron chi connectivity index (χ4n) is 3.82. The molecule has 1 saturated heterocycles. The Balaban J connectivity index is 1.66. The van der Waals surface area contributed by atoms with E-state index >= 15 is 0 Å². The first-order chi connectivity index (χ1) is 14.6. The number of amides is 3. The standard InChI is InChI=1S/C23H33N3O5/c1-15(20(27)24-13-18-10-7-11-30-18)25-21(28)19-12-16-8-5-6-9-17(16)14-26(19)22(29)31-23(2,3)4/h5-6,8-9,15,18-19H,7,10-14H2,1-4H3,(H,24,27)(H,25,28)/t15-,18-,19+/m1/s1. The van der Waals surface area contributed by atoms with E-state index in [9.17, 15) is 14.4 Å². The molecule has 1 fully saturated rings. The average molecular weight is 432 g/mol. The summed E-state index contributed by atoms with van der Waals surface area (Å²) < 4.78 is 11.0. The second-order valence-corrected chi connectivity index (χ2v) is 9.21. The molecule has 2 aliphatic rings. The number of carbonyl (C=O) groups excluding carboxylic acids is 3. The summed E-state index contributed by atoms with van der Waals surface area (Å²) in [5.74, 6) is -0.649. The molecule has 31 heavy (non-hydrogen) atoms. The lowest BCUT2D eigenvalue weighted by Crippen LogP contribution is -2.57. The number of hydrogen-bond donors (Lipinski definition) is 2. The van der Waals surface area contributed by atoms with E-state index in [2.05, 4.69) is 10.6 Å². The van der Waals surface area contributed by atoms with E-state index in [1.807, 2.05) is 24.3 Å². The molecule has 2 aliphatic heterocycles. The molecule has 0 radical (unpaired) electrons. The largest absolute Gasteiger partial charge is 0.444 e. The van der Waals surface area contributed by atoms with E-state index in [4.69, 9.17) is 9.47 Å². The number of hydrogen-bond acceptors (Lipinski definition) is 5. The lowest BCUT2D eigenvalue weighted by molar-refractivity contribution is -0.132. The summed E-state index contributed by atoms with van der Waals surface area (Å²) in [6.45, 7) is 8.44. The molecule has 1 aromatic rings. The zero-order chi connectivity index (χ0) is 22.6. The summed E-state index contributed by atoms with van der Waals surface area (Å²) in [6.07, 6.45) is 1.77. The second-order valence-electron chi connectivity index (χ2n) is 9.21. The summed E-state index contributed by atoms with van der Waals surface area (Å²) in [5.41, 5.74) is 1.32. The van der Waals surface area contributed by atoms with Crippen molar-refractivity contribution in [3.05, 3.63) is 35.4 Å². The van der Waals surface area contributed by atoms with Crippen LogP contribution in [0.15, 0.2) is 24.3 Å². The van der Waals surface area contributed by atoms with E-state index in [0.29, 0.717) is 13.0 Å². The maximum atomic E-state index is 13.1. The van der Waals surface area contributed by atoms with Crippen LogP contribution in [0.4, 0.5) is 4.79 Å². The van der Waals surface area contributed by atoms with E-state index in [-0.39, 0.29) is 24.5 Å². The summed E-state index contributed by atoms with van der Waals surface area (Å²) in [5, 5.41) is 5.59. The van der Waals surface area contributed by atoms with Crippen LogP contribution in [0.3, 0.4) is 0 Å². The minimum atomic E-state index is -0.752. The van der Waals surface area contributed by atoms with E-state index in [1.165, 1.54) is 4.90 Å². The maximum absolute atomic E-state index is 13.1. The molecule has 3 amide bonds. The number of benzene rings is 1. The molecule has 170 valence electrons. The van der Waals surface area contributed by atoms with Gasteiger partial charge in [-0.3, -0.25) is 14.5 Å². The number of carbonyl (C=O) groups is 3. The highest BCUT2D eigenvalue weighted by Crippen LogP contribution is 2.25. The zero-order valence-electron chi connectivity index (χ0n) is 18.8. The SMILES string of the molecule is C[C@@H](NC(=O)[C@@H]1Cc2ccccc2CN1C(=O)OC(C)(C)C)C(=O)NC[C@H]1CCCO1. The summed E-state index contributed by atoms with van der Waals surface area (Å²) in [7, 11) is 0. The third-order valence-corrected chi connectivity index (χ3v) is 5.46. The first kappa shape index (κ1) is 23.1. The number of nitrogens with one attached hydrogen (secondary N) is 2. The summed E-state index contributed by atoms with van der Waals surface area (Å²) in [4.78, 5) is 39.8. The van der Waals surface area contributed by atoms with Gasteiger partial charge in [0.25, 0.3) is 0 Å². The van der Waals surface area contributed by atoms with Crippen molar-refractivity contribution in [2.24, 2.45) is 0 Å². The molecule has 3 rings (SSSR count). The van der Waals surface area contributed by atoms with E-state index < -0.39 is 23.8 Å². The minimum absolute atomic E-state index is 0.0318. The Bertz CT molecular complexity index is 814. The Kier molecular flexibility index (Phi) is 7.20. The van der Waals surface area contributed by atoms with Gasteiger partial charge in [-0.15, -0.1) is 0 Å². The van der Waals surface area contributed by atoms with Gasteiger partial charge in [-0.25, -0.2) is 4.79 Å². The Morgan fingerprint density at radius 3 is 2.58 bits per heavy atom. The first-order valence-electron chi connectivity index (χ1n) is 10.9. The van der Waals surface area contributed by atoms with Crippen LogP contribution in [-0.4, -0.2) is 59.7 Å². The highest BCUT2D eigenvalue weighted by Gasteiger charge is 2.37. The Morgan fingerprint density at radius 2 is 1.94 bits per heavy atom. The molecular formula is C23H33N3O5. The number of nitrogens with zero attached hydrogens (tertiary/aromatic N) is 1. The molecule has 2 heterocycles. The fourth-order valence-corrected chi connectivity index (χ4v) is 3.82. The van der Waals surface area contributed by atoms with Crippen LogP contribution < -0.4 is 10.6 Å². The molecule has 2 N–H and O–H groups in total. The predicted octanol–water partition coefficient (Wildman–Crippen LogP) is 2.15. The molecule has 1 aromatic carbocycles. The van der Waals surface area contributed by atoms with Crippen LogP contribution >= 0.6 is 0 Å². The van der Waals surface area contributed by atoms with Gasteiger partial charge in [0.1, 0.15) is 17.7 Å². The lowest BCUT2D eigenvalue weighted by atomic mass is 9.93. The Labute approximate surface area is 183 Å². The molecule has 3 atom stereocenters. The van der Waals surface area contributed by atoms with E-state index in [0.717, 1.165) is 30.6 Å². The average Bonchev–Trinajstić information content (AvgIpc) is 3.23. The molecule has 0 aliphatic carbocycles. The van der Waals surface area contributed by atoms with Crippen molar-refractivity contribution in [3.63, 3.8) is 0 Å². The van der Waals surface area contributed by atoms with Crippen LogP contribution in [0, 0.1) is 0 Å². The third kappa shape index (κ3) is 6.19.